The van der Waals surface area contributed by atoms with Gasteiger partial charge in [-0.1, -0.05) is 13.8 Å². The van der Waals surface area contributed by atoms with E-state index in [2.05, 4.69) is 35.6 Å². The second-order valence-electron chi connectivity index (χ2n) is 5.12. The van der Waals surface area contributed by atoms with Crippen LogP contribution in [0.25, 0.3) is 10.2 Å². The summed E-state index contributed by atoms with van der Waals surface area (Å²) in [6, 6.07) is 4.24. The molecule has 19 heavy (non-hydrogen) atoms. The first-order valence-corrected chi connectivity index (χ1v) is 7.74. The van der Waals surface area contributed by atoms with Crippen LogP contribution in [0.1, 0.15) is 32.3 Å². The van der Waals surface area contributed by atoms with Crippen molar-refractivity contribution in [3.8, 4) is 0 Å². The third-order valence-electron chi connectivity index (χ3n) is 4.02. The smallest absolute Gasteiger partial charge is 0.0809 e. The number of thiophene rings is 1. The minimum atomic E-state index is 0.0143. The van der Waals surface area contributed by atoms with Gasteiger partial charge in [-0.05, 0) is 35.9 Å². The molecule has 0 aromatic carbocycles. The van der Waals surface area contributed by atoms with E-state index in [0.717, 1.165) is 31.4 Å². The Hall–Kier alpha value is -0.970. The third-order valence-corrected chi connectivity index (χ3v) is 4.88. The quantitative estimate of drug-likeness (QED) is 0.817. The van der Waals surface area contributed by atoms with Crippen LogP contribution in [0.4, 0.5) is 0 Å². The fraction of sp³-hybridized carbons (Fsp3) is 0.533. The number of hydrogen-bond donors (Lipinski definition) is 2. The van der Waals surface area contributed by atoms with Crippen LogP contribution in [0.5, 0.6) is 0 Å². The molecule has 0 aliphatic rings. The van der Waals surface area contributed by atoms with E-state index in [1.165, 1.54) is 10.3 Å². The summed E-state index contributed by atoms with van der Waals surface area (Å²) in [6.45, 7) is 6.18. The molecular weight excluding hydrogens is 256 g/mol. The van der Waals surface area contributed by atoms with Crippen LogP contribution in [0, 0.1) is 5.41 Å². The number of hydrogen-bond acceptors (Lipinski definition) is 4. The second-order valence-corrected chi connectivity index (χ2v) is 6.06. The highest BCUT2D eigenvalue weighted by molar-refractivity contribution is 7.17. The third kappa shape index (κ3) is 3.32. The molecule has 0 fully saturated rings. The molecule has 0 amide bonds. The molecule has 2 rings (SSSR count). The number of aromatic nitrogens is 1. The van der Waals surface area contributed by atoms with Gasteiger partial charge in [0.25, 0.3) is 0 Å². The van der Waals surface area contributed by atoms with Crippen molar-refractivity contribution in [2.45, 2.75) is 33.2 Å². The average Bonchev–Trinajstić information content (AvgIpc) is 2.92. The Morgan fingerprint density at radius 2 is 2.16 bits per heavy atom. The molecule has 0 saturated heterocycles. The normalized spacial score (nSPS) is 12.2. The summed E-state index contributed by atoms with van der Waals surface area (Å²) >= 11 is 1.72. The van der Waals surface area contributed by atoms with Crippen LogP contribution in [-0.4, -0.2) is 23.2 Å². The zero-order valence-corrected chi connectivity index (χ0v) is 12.5. The minimum Gasteiger partial charge on any atom is -0.396 e. The van der Waals surface area contributed by atoms with E-state index in [0.29, 0.717) is 0 Å². The summed E-state index contributed by atoms with van der Waals surface area (Å²) in [5.41, 5.74) is 2.29. The predicted molar refractivity (Wildman–Crippen MR) is 81.4 cm³/mol. The Labute approximate surface area is 118 Å². The minimum absolute atomic E-state index is 0.0143. The van der Waals surface area contributed by atoms with Crippen LogP contribution >= 0.6 is 11.3 Å². The van der Waals surface area contributed by atoms with E-state index >= 15 is 0 Å². The Bertz CT molecular complexity index is 511. The van der Waals surface area contributed by atoms with Crippen molar-refractivity contribution in [3.05, 3.63) is 29.3 Å². The van der Waals surface area contributed by atoms with Gasteiger partial charge in [0.1, 0.15) is 0 Å². The largest absolute Gasteiger partial charge is 0.396 e. The highest BCUT2D eigenvalue weighted by Crippen LogP contribution is 2.24. The van der Waals surface area contributed by atoms with Crippen molar-refractivity contribution in [2.75, 3.05) is 13.2 Å². The lowest BCUT2D eigenvalue weighted by atomic mass is 9.83. The van der Waals surface area contributed by atoms with Crippen molar-refractivity contribution >= 4 is 21.6 Å². The van der Waals surface area contributed by atoms with Crippen LogP contribution in [0.15, 0.2) is 23.7 Å². The van der Waals surface area contributed by atoms with Crippen molar-refractivity contribution in [1.29, 1.82) is 0 Å². The number of aliphatic hydroxyl groups excluding tert-OH is 1. The molecule has 0 unspecified atom stereocenters. The first-order chi connectivity index (χ1) is 9.23. The summed E-state index contributed by atoms with van der Waals surface area (Å²) in [7, 11) is 0. The maximum atomic E-state index is 9.54. The van der Waals surface area contributed by atoms with Crippen molar-refractivity contribution < 1.29 is 5.11 Å². The molecule has 3 nitrogen and oxygen atoms in total. The van der Waals surface area contributed by atoms with Gasteiger partial charge >= 0.3 is 0 Å². The highest BCUT2D eigenvalue weighted by atomic mass is 32.1. The summed E-state index contributed by atoms with van der Waals surface area (Å²) in [5.74, 6) is 0. The summed E-state index contributed by atoms with van der Waals surface area (Å²) < 4.78 is 1.23. The topological polar surface area (TPSA) is 45.1 Å². The summed E-state index contributed by atoms with van der Waals surface area (Å²) in [6.07, 6.45) is 3.92. The molecule has 0 atom stereocenters. The van der Waals surface area contributed by atoms with E-state index in [4.69, 9.17) is 0 Å². The lowest BCUT2D eigenvalue weighted by molar-refractivity contribution is 0.113. The predicted octanol–water partition coefficient (Wildman–Crippen LogP) is 3.18. The molecule has 4 heteroatoms. The van der Waals surface area contributed by atoms with Crippen LogP contribution in [0.3, 0.4) is 0 Å². The molecule has 2 aromatic rings. The SMILES string of the molecule is CCC(CC)(CO)CNCc1cnc2ccsc2c1. The molecule has 0 aliphatic carbocycles. The molecule has 2 N–H and O–H groups in total. The van der Waals surface area contributed by atoms with Gasteiger partial charge < -0.3 is 10.4 Å². The molecule has 0 saturated carbocycles. The molecule has 0 radical (unpaired) electrons. The van der Waals surface area contributed by atoms with Gasteiger partial charge in [-0.25, -0.2) is 0 Å². The Morgan fingerprint density at radius 1 is 1.37 bits per heavy atom. The van der Waals surface area contributed by atoms with Gasteiger partial charge in [-0.2, -0.15) is 0 Å². The van der Waals surface area contributed by atoms with Gasteiger partial charge in [0.05, 0.1) is 10.2 Å². The first-order valence-electron chi connectivity index (χ1n) is 6.86. The standard InChI is InChI=1S/C15H22N2OS/c1-3-15(4-2,11-18)10-16-8-12-7-14-13(17-9-12)5-6-19-14/h5-7,9,16,18H,3-4,8,10-11H2,1-2H3. The van der Waals surface area contributed by atoms with Crippen LogP contribution in [0.2, 0.25) is 0 Å². The number of aliphatic hydroxyl groups is 1. The molecule has 2 aromatic heterocycles. The Balaban J connectivity index is 1.94. The highest BCUT2D eigenvalue weighted by Gasteiger charge is 2.24. The van der Waals surface area contributed by atoms with Crippen molar-refractivity contribution in [2.24, 2.45) is 5.41 Å². The Kier molecular flexibility index (Phi) is 4.91. The number of fused-ring (bicyclic) bond motifs is 1. The zero-order valence-electron chi connectivity index (χ0n) is 11.6. The maximum Gasteiger partial charge on any atom is 0.0809 e. The summed E-state index contributed by atoms with van der Waals surface area (Å²) in [4.78, 5) is 4.44. The summed E-state index contributed by atoms with van der Waals surface area (Å²) in [5, 5.41) is 15.1. The van der Waals surface area contributed by atoms with E-state index in [9.17, 15) is 5.11 Å². The van der Waals surface area contributed by atoms with Gasteiger partial charge in [-0.15, -0.1) is 11.3 Å². The van der Waals surface area contributed by atoms with Gasteiger partial charge in [0, 0.05) is 31.3 Å². The van der Waals surface area contributed by atoms with E-state index < -0.39 is 0 Å². The van der Waals surface area contributed by atoms with Gasteiger partial charge in [0.2, 0.25) is 0 Å². The Morgan fingerprint density at radius 3 is 2.84 bits per heavy atom. The fourth-order valence-electron chi connectivity index (χ4n) is 2.24. The number of pyridine rings is 1. The molecule has 0 aliphatic heterocycles. The molecule has 2 heterocycles. The van der Waals surface area contributed by atoms with Gasteiger partial charge in [0.15, 0.2) is 0 Å². The monoisotopic (exact) mass is 278 g/mol. The average molecular weight is 278 g/mol. The van der Waals surface area contributed by atoms with E-state index in [1.54, 1.807) is 11.3 Å². The first kappa shape index (κ1) is 14.4. The van der Waals surface area contributed by atoms with Crippen LogP contribution < -0.4 is 5.32 Å². The molecule has 104 valence electrons. The number of nitrogens with one attached hydrogen (secondary N) is 1. The van der Waals surface area contributed by atoms with Gasteiger partial charge in [-0.3, -0.25) is 4.98 Å². The second kappa shape index (κ2) is 6.46. The molecule has 0 spiro atoms. The zero-order chi connectivity index (χ0) is 13.7. The van der Waals surface area contributed by atoms with Crippen LogP contribution in [-0.2, 0) is 6.54 Å². The van der Waals surface area contributed by atoms with Crippen molar-refractivity contribution in [1.82, 2.24) is 10.3 Å². The molecule has 0 bridgehead atoms. The lowest BCUT2D eigenvalue weighted by Gasteiger charge is -2.29. The fourth-order valence-corrected chi connectivity index (χ4v) is 3.04. The van der Waals surface area contributed by atoms with Crippen molar-refractivity contribution in [3.63, 3.8) is 0 Å². The van der Waals surface area contributed by atoms with E-state index in [1.807, 2.05) is 12.3 Å². The maximum absolute atomic E-state index is 9.54. The lowest BCUT2D eigenvalue weighted by Crippen LogP contribution is -2.36. The number of rotatable bonds is 7. The molecular formula is C15H22N2OS. The van der Waals surface area contributed by atoms with E-state index in [-0.39, 0.29) is 12.0 Å². The number of nitrogens with zero attached hydrogens (tertiary/aromatic N) is 1.